The van der Waals surface area contributed by atoms with E-state index in [2.05, 4.69) is 21.2 Å². The molecule has 0 aromatic heterocycles. The van der Waals surface area contributed by atoms with Crippen molar-refractivity contribution in [3.8, 4) is 0 Å². The summed E-state index contributed by atoms with van der Waals surface area (Å²) in [5.41, 5.74) is 0.397. The third-order valence-electron chi connectivity index (χ3n) is 3.24. The fraction of sp³-hybridized carbons (Fsp3) is 0.188. The quantitative estimate of drug-likeness (QED) is 0.801. The number of anilines is 1. The summed E-state index contributed by atoms with van der Waals surface area (Å²) in [7, 11) is 1.36. The molecule has 0 aliphatic heterocycles. The van der Waals surface area contributed by atoms with E-state index in [1.54, 1.807) is 13.0 Å². The van der Waals surface area contributed by atoms with E-state index in [1.165, 1.54) is 7.11 Å². The molecule has 3 nitrogen and oxygen atoms in total. The molecule has 0 spiro atoms. The largest absolute Gasteiger partial charge is 0.467 e. The first-order valence-corrected chi connectivity index (χ1v) is 7.51. The van der Waals surface area contributed by atoms with Crippen LogP contribution in [0.1, 0.15) is 12.5 Å². The van der Waals surface area contributed by atoms with Crippen LogP contribution in [0.3, 0.4) is 0 Å². The Labute approximate surface area is 137 Å². The molecule has 1 atom stereocenters. The molecule has 1 N–H and O–H groups in total. The summed E-state index contributed by atoms with van der Waals surface area (Å²) >= 11 is 9.63. The molecule has 0 bridgehead atoms. The van der Waals surface area contributed by atoms with Gasteiger partial charge in [-0.25, -0.2) is 4.79 Å². The van der Waals surface area contributed by atoms with Crippen LogP contribution in [0.5, 0.6) is 0 Å². The third-order valence-corrected chi connectivity index (χ3v) is 4.10. The Morgan fingerprint density at radius 3 is 2.38 bits per heavy atom. The summed E-state index contributed by atoms with van der Waals surface area (Å²) in [6, 6.07) is 14.8. The van der Waals surface area contributed by atoms with Gasteiger partial charge in [-0.05, 0) is 37.3 Å². The first-order valence-electron chi connectivity index (χ1n) is 6.34. The monoisotopic (exact) mass is 367 g/mol. The Kier molecular flexibility index (Phi) is 4.91. The number of methoxy groups -OCH3 is 1. The lowest BCUT2D eigenvalue weighted by atomic mass is 9.91. The molecule has 0 aliphatic rings. The highest BCUT2D eigenvalue weighted by Crippen LogP contribution is 2.32. The van der Waals surface area contributed by atoms with Gasteiger partial charge in [-0.2, -0.15) is 0 Å². The molecule has 2 aromatic rings. The number of rotatable bonds is 4. The number of benzene rings is 2. The zero-order chi connectivity index (χ0) is 15.5. The fourth-order valence-corrected chi connectivity index (χ4v) is 2.71. The lowest BCUT2D eigenvalue weighted by molar-refractivity contribution is -0.145. The highest BCUT2D eigenvalue weighted by atomic mass is 79.9. The van der Waals surface area contributed by atoms with E-state index in [4.69, 9.17) is 16.3 Å². The second-order valence-corrected chi connectivity index (χ2v) is 6.05. The highest BCUT2D eigenvalue weighted by molar-refractivity contribution is 9.10. The molecule has 0 heterocycles. The minimum absolute atomic E-state index is 0.404. The van der Waals surface area contributed by atoms with Crippen LogP contribution in [0.15, 0.2) is 53.0 Å². The second kappa shape index (κ2) is 6.50. The van der Waals surface area contributed by atoms with Gasteiger partial charge in [0.05, 0.1) is 7.11 Å². The SMILES string of the molecule is COC(=O)C(C)(Nc1ccc(Br)cc1)c1ccccc1Cl. The second-order valence-electron chi connectivity index (χ2n) is 4.73. The van der Waals surface area contributed by atoms with Crippen LogP contribution in [0.25, 0.3) is 0 Å². The van der Waals surface area contributed by atoms with Crippen LogP contribution in [0.2, 0.25) is 5.02 Å². The molecule has 2 aromatic carbocycles. The molecular weight excluding hydrogens is 354 g/mol. The summed E-state index contributed by atoms with van der Waals surface area (Å²) in [6.45, 7) is 1.75. The Balaban J connectivity index is 2.45. The van der Waals surface area contributed by atoms with Gasteiger partial charge < -0.3 is 10.1 Å². The zero-order valence-electron chi connectivity index (χ0n) is 11.7. The third kappa shape index (κ3) is 3.39. The molecule has 0 aliphatic carbocycles. The smallest absolute Gasteiger partial charge is 0.335 e. The summed E-state index contributed by atoms with van der Waals surface area (Å²) in [5.74, 6) is -0.404. The normalized spacial score (nSPS) is 13.3. The molecular formula is C16H15BrClNO2. The van der Waals surface area contributed by atoms with Crippen molar-refractivity contribution in [2.24, 2.45) is 0 Å². The lowest BCUT2D eigenvalue weighted by Crippen LogP contribution is -2.41. The van der Waals surface area contributed by atoms with Gasteiger partial charge in [-0.3, -0.25) is 0 Å². The number of esters is 1. The van der Waals surface area contributed by atoms with E-state index >= 15 is 0 Å². The molecule has 0 amide bonds. The van der Waals surface area contributed by atoms with Gasteiger partial charge in [0.25, 0.3) is 0 Å². The van der Waals surface area contributed by atoms with E-state index in [0.717, 1.165) is 10.2 Å². The Morgan fingerprint density at radius 1 is 1.19 bits per heavy atom. The lowest BCUT2D eigenvalue weighted by Gasteiger charge is -2.30. The molecule has 0 radical (unpaired) electrons. The molecule has 2 rings (SSSR count). The predicted molar refractivity (Wildman–Crippen MR) is 88.6 cm³/mol. The van der Waals surface area contributed by atoms with Crippen LogP contribution < -0.4 is 5.32 Å². The van der Waals surface area contributed by atoms with Crippen molar-refractivity contribution in [2.45, 2.75) is 12.5 Å². The summed E-state index contributed by atoms with van der Waals surface area (Å²) in [5, 5.41) is 3.72. The summed E-state index contributed by atoms with van der Waals surface area (Å²) in [6.07, 6.45) is 0. The van der Waals surface area contributed by atoms with Crippen molar-refractivity contribution in [1.82, 2.24) is 0 Å². The average molecular weight is 369 g/mol. The van der Waals surface area contributed by atoms with Crippen LogP contribution in [-0.2, 0) is 15.1 Å². The number of nitrogens with one attached hydrogen (secondary N) is 1. The Hall–Kier alpha value is -1.52. The van der Waals surface area contributed by atoms with E-state index < -0.39 is 11.5 Å². The summed E-state index contributed by atoms with van der Waals surface area (Å²) < 4.78 is 5.91. The maximum Gasteiger partial charge on any atom is 0.335 e. The van der Waals surface area contributed by atoms with Gasteiger partial charge in [0, 0.05) is 20.7 Å². The molecule has 0 saturated heterocycles. The zero-order valence-corrected chi connectivity index (χ0v) is 14.0. The first-order chi connectivity index (χ1) is 9.97. The summed E-state index contributed by atoms with van der Waals surface area (Å²) in [4.78, 5) is 12.3. The van der Waals surface area contributed by atoms with Gasteiger partial charge in [-0.15, -0.1) is 0 Å². The molecule has 1 unspecified atom stereocenters. The maximum atomic E-state index is 12.3. The minimum atomic E-state index is -1.07. The number of ether oxygens (including phenoxy) is 1. The molecule has 21 heavy (non-hydrogen) atoms. The minimum Gasteiger partial charge on any atom is -0.467 e. The van der Waals surface area contributed by atoms with Crippen molar-refractivity contribution in [2.75, 3.05) is 12.4 Å². The van der Waals surface area contributed by atoms with Crippen LogP contribution in [0.4, 0.5) is 5.69 Å². The van der Waals surface area contributed by atoms with Crippen LogP contribution in [0, 0.1) is 0 Å². The number of carbonyl (C=O) groups is 1. The molecule has 0 fully saturated rings. The van der Waals surface area contributed by atoms with Gasteiger partial charge >= 0.3 is 5.97 Å². The van der Waals surface area contributed by atoms with Crippen LogP contribution >= 0.6 is 27.5 Å². The van der Waals surface area contributed by atoms with Gasteiger partial charge in [0.15, 0.2) is 5.54 Å². The highest BCUT2D eigenvalue weighted by Gasteiger charge is 2.38. The van der Waals surface area contributed by atoms with Crippen molar-refractivity contribution >= 4 is 39.2 Å². The standard InChI is InChI=1S/C16H15BrClNO2/c1-16(15(20)21-2,13-5-3-4-6-14(13)18)19-12-9-7-11(17)8-10-12/h3-10,19H,1-2H3. The molecule has 0 saturated carbocycles. The van der Waals surface area contributed by atoms with E-state index in [1.807, 2.05) is 42.5 Å². The topological polar surface area (TPSA) is 38.3 Å². The number of halogens is 2. The predicted octanol–water partition coefficient (Wildman–Crippen LogP) is 4.60. The molecule has 110 valence electrons. The average Bonchev–Trinajstić information content (AvgIpc) is 2.49. The van der Waals surface area contributed by atoms with E-state index in [0.29, 0.717) is 10.6 Å². The maximum absolute atomic E-state index is 12.3. The van der Waals surface area contributed by atoms with Crippen molar-refractivity contribution in [3.05, 3.63) is 63.6 Å². The number of carbonyl (C=O) groups excluding carboxylic acids is 1. The fourth-order valence-electron chi connectivity index (χ4n) is 2.12. The van der Waals surface area contributed by atoms with Gasteiger partial charge in [0.2, 0.25) is 0 Å². The number of hydrogen-bond acceptors (Lipinski definition) is 3. The van der Waals surface area contributed by atoms with Gasteiger partial charge in [0.1, 0.15) is 0 Å². The first kappa shape index (κ1) is 15.9. The van der Waals surface area contributed by atoms with Crippen LogP contribution in [-0.4, -0.2) is 13.1 Å². The van der Waals surface area contributed by atoms with Gasteiger partial charge in [-0.1, -0.05) is 45.7 Å². The Morgan fingerprint density at radius 2 is 1.81 bits per heavy atom. The Bertz CT molecular complexity index is 645. The number of hydrogen-bond donors (Lipinski definition) is 1. The van der Waals surface area contributed by atoms with Crippen molar-refractivity contribution in [1.29, 1.82) is 0 Å². The van der Waals surface area contributed by atoms with Crippen molar-refractivity contribution in [3.63, 3.8) is 0 Å². The molecule has 5 heteroatoms. The van der Waals surface area contributed by atoms with E-state index in [-0.39, 0.29) is 0 Å². The van der Waals surface area contributed by atoms with Crippen molar-refractivity contribution < 1.29 is 9.53 Å². The van der Waals surface area contributed by atoms with E-state index in [9.17, 15) is 4.79 Å².